The summed E-state index contributed by atoms with van der Waals surface area (Å²) in [6, 6.07) is 2.18. The van der Waals surface area contributed by atoms with Gasteiger partial charge in [-0.1, -0.05) is 13.8 Å². The molecular weight excluding hydrogens is 236 g/mol. The second kappa shape index (κ2) is 4.50. The smallest absolute Gasteiger partial charge is 0.134 e. The molecule has 1 aliphatic carbocycles. The summed E-state index contributed by atoms with van der Waals surface area (Å²) in [5.74, 6) is -0.624. The molecule has 2 rings (SSSR count). The monoisotopic (exact) mass is 255 g/mol. The first-order valence-electron chi connectivity index (χ1n) is 6.11. The van der Waals surface area contributed by atoms with E-state index in [1.807, 2.05) is 0 Å². The molecule has 1 fully saturated rings. The van der Waals surface area contributed by atoms with E-state index in [0.29, 0.717) is 0 Å². The van der Waals surface area contributed by atoms with Gasteiger partial charge in [-0.2, -0.15) is 0 Å². The lowest BCUT2D eigenvalue weighted by Crippen LogP contribution is -2.23. The predicted molar refractivity (Wildman–Crippen MR) is 66.6 cm³/mol. The van der Waals surface area contributed by atoms with E-state index in [9.17, 15) is 8.78 Å². The Labute approximate surface area is 106 Å². The summed E-state index contributed by atoms with van der Waals surface area (Å²) >= 11 is 0. The standard InChI is InChI=1S/C14H19F2NO/c1-14(2)7-9(14)13(17-3)12-10(15)5-8(18-4)6-11(12)16/h5-6,9,13,17H,7H2,1-4H3. The highest BCUT2D eigenvalue weighted by molar-refractivity contribution is 5.34. The van der Waals surface area contributed by atoms with E-state index < -0.39 is 11.6 Å². The summed E-state index contributed by atoms with van der Waals surface area (Å²) in [5.41, 5.74) is 0.265. The van der Waals surface area contributed by atoms with Crippen LogP contribution >= 0.6 is 0 Å². The maximum atomic E-state index is 14.0. The van der Waals surface area contributed by atoms with Gasteiger partial charge in [0.25, 0.3) is 0 Å². The molecule has 1 aliphatic rings. The Hall–Kier alpha value is -1.16. The van der Waals surface area contributed by atoms with E-state index in [0.717, 1.165) is 6.42 Å². The van der Waals surface area contributed by atoms with E-state index in [4.69, 9.17) is 4.74 Å². The summed E-state index contributed by atoms with van der Waals surface area (Å²) in [6.07, 6.45) is 0.976. The van der Waals surface area contributed by atoms with Crippen molar-refractivity contribution in [2.75, 3.05) is 14.2 Å². The first-order valence-corrected chi connectivity index (χ1v) is 6.11. The van der Waals surface area contributed by atoms with Crippen molar-refractivity contribution in [3.63, 3.8) is 0 Å². The molecule has 0 radical (unpaired) electrons. The van der Waals surface area contributed by atoms with Gasteiger partial charge in [0.05, 0.1) is 7.11 Å². The normalized spacial score (nSPS) is 22.7. The fourth-order valence-corrected chi connectivity index (χ4v) is 2.60. The molecule has 1 aromatic carbocycles. The fraction of sp³-hybridized carbons (Fsp3) is 0.571. The Morgan fingerprint density at radius 3 is 2.17 bits per heavy atom. The Balaban J connectivity index is 2.37. The van der Waals surface area contributed by atoms with Crippen molar-refractivity contribution in [3.8, 4) is 5.75 Å². The van der Waals surface area contributed by atoms with Gasteiger partial charge in [0, 0.05) is 23.7 Å². The van der Waals surface area contributed by atoms with Crippen LogP contribution in [-0.4, -0.2) is 14.2 Å². The van der Waals surface area contributed by atoms with Gasteiger partial charge >= 0.3 is 0 Å². The highest BCUT2D eigenvalue weighted by atomic mass is 19.1. The second-order valence-corrected chi connectivity index (χ2v) is 5.57. The maximum Gasteiger partial charge on any atom is 0.134 e. The molecule has 1 saturated carbocycles. The van der Waals surface area contributed by atoms with Crippen LogP contribution in [-0.2, 0) is 0 Å². The van der Waals surface area contributed by atoms with E-state index in [-0.39, 0.29) is 28.7 Å². The topological polar surface area (TPSA) is 21.3 Å². The molecule has 1 N–H and O–H groups in total. The van der Waals surface area contributed by atoms with E-state index in [1.165, 1.54) is 19.2 Å². The maximum absolute atomic E-state index is 14.0. The summed E-state index contributed by atoms with van der Waals surface area (Å²) in [7, 11) is 3.13. The van der Waals surface area contributed by atoms with Crippen molar-refractivity contribution in [2.24, 2.45) is 11.3 Å². The van der Waals surface area contributed by atoms with Crippen LogP contribution in [0.15, 0.2) is 12.1 Å². The number of halogens is 2. The number of hydrogen-bond acceptors (Lipinski definition) is 2. The van der Waals surface area contributed by atoms with Gasteiger partial charge in [-0.05, 0) is 24.8 Å². The lowest BCUT2D eigenvalue weighted by molar-refractivity contribution is 0.388. The van der Waals surface area contributed by atoms with Gasteiger partial charge < -0.3 is 10.1 Å². The van der Waals surface area contributed by atoms with Crippen LogP contribution in [0.1, 0.15) is 31.9 Å². The molecule has 2 atom stereocenters. The van der Waals surface area contributed by atoms with Gasteiger partial charge in [-0.3, -0.25) is 0 Å². The third kappa shape index (κ3) is 2.21. The summed E-state index contributed by atoms with van der Waals surface area (Å²) in [6.45, 7) is 4.22. The molecule has 0 aliphatic heterocycles. The summed E-state index contributed by atoms with van der Waals surface area (Å²) in [4.78, 5) is 0. The zero-order chi connectivity index (χ0) is 13.5. The molecular formula is C14H19F2NO. The zero-order valence-electron chi connectivity index (χ0n) is 11.2. The van der Waals surface area contributed by atoms with Crippen LogP contribution in [0.5, 0.6) is 5.75 Å². The number of benzene rings is 1. The van der Waals surface area contributed by atoms with E-state index in [1.54, 1.807) is 7.05 Å². The van der Waals surface area contributed by atoms with Gasteiger partial charge in [-0.25, -0.2) is 8.78 Å². The van der Waals surface area contributed by atoms with Crippen LogP contribution in [0.4, 0.5) is 8.78 Å². The molecule has 1 aromatic rings. The Kier molecular flexibility index (Phi) is 3.32. The number of hydrogen-bond donors (Lipinski definition) is 1. The van der Waals surface area contributed by atoms with Crippen molar-refractivity contribution in [3.05, 3.63) is 29.3 Å². The minimum absolute atomic E-state index is 0.119. The molecule has 100 valence electrons. The summed E-state index contributed by atoms with van der Waals surface area (Å²) < 4.78 is 32.9. The second-order valence-electron chi connectivity index (χ2n) is 5.57. The minimum Gasteiger partial charge on any atom is -0.497 e. The Morgan fingerprint density at radius 2 is 1.83 bits per heavy atom. The molecule has 4 heteroatoms. The molecule has 0 amide bonds. The Bertz CT molecular complexity index is 436. The first-order chi connectivity index (χ1) is 8.40. The third-order valence-corrected chi connectivity index (χ3v) is 3.90. The average Bonchev–Trinajstić information content (AvgIpc) is 2.92. The average molecular weight is 255 g/mol. The molecule has 0 spiro atoms. The minimum atomic E-state index is -0.547. The predicted octanol–water partition coefficient (Wildman–Crippen LogP) is 3.28. The molecule has 0 heterocycles. The largest absolute Gasteiger partial charge is 0.497 e. The molecule has 2 nitrogen and oxygen atoms in total. The van der Waals surface area contributed by atoms with E-state index in [2.05, 4.69) is 19.2 Å². The van der Waals surface area contributed by atoms with Crippen LogP contribution in [0, 0.1) is 23.0 Å². The van der Waals surface area contributed by atoms with Crippen molar-refractivity contribution >= 4 is 0 Å². The van der Waals surface area contributed by atoms with Crippen LogP contribution in [0.2, 0.25) is 0 Å². The number of rotatable bonds is 4. The van der Waals surface area contributed by atoms with Gasteiger partial charge in [-0.15, -0.1) is 0 Å². The molecule has 2 unspecified atom stereocenters. The zero-order valence-corrected chi connectivity index (χ0v) is 11.2. The molecule has 18 heavy (non-hydrogen) atoms. The van der Waals surface area contributed by atoms with Crippen LogP contribution in [0.3, 0.4) is 0 Å². The quantitative estimate of drug-likeness (QED) is 0.891. The number of nitrogens with one attached hydrogen (secondary N) is 1. The number of methoxy groups -OCH3 is 1. The third-order valence-electron chi connectivity index (χ3n) is 3.90. The summed E-state index contributed by atoms with van der Waals surface area (Å²) in [5, 5.41) is 3.03. The Morgan fingerprint density at radius 1 is 1.33 bits per heavy atom. The highest BCUT2D eigenvalue weighted by Gasteiger charge is 2.51. The van der Waals surface area contributed by atoms with Crippen molar-refractivity contribution in [2.45, 2.75) is 26.3 Å². The van der Waals surface area contributed by atoms with Gasteiger partial charge in [0.2, 0.25) is 0 Å². The fourth-order valence-electron chi connectivity index (χ4n) is 2.60. The molecule has 0 bridgehead atoms. The van der Waals surface area contributed by atoms with E-state index >= 15 is 0 Å². The lowest BCUT2D eigenvalue weighted by atomic mass is 9.96. The molecule has 0 aromatic heterocycles. The highest BCUT2D eigenvalue weighted by Crippen LogP contribution is 2.58. The molecule has 0 saturated heterocycles. The van der Waals surface area contributed by atoms with Crippen molar-refractivity contribution in [1.29, 1.82) is 0 Å². The number of ether oxygens (including phenoxy) is 1. The van der Waals surface area contributed by atoms with Crippen molar-refractivity contribution in [1.82, 2.24) is 5.32 Å². The van der Waals surface area contributed by atoms with Gasteiger partial charge in [0.1, 0.15) is 17.4 Å². The van der Waals surface area contributed by atoms with Crippen LogP contribution < -0.4 is 10.1 Å². The lowest BCUT2D eigenvalue weighted by Gasteiger charge is -2.20. The van der Waals surface area contributed by atoms with Crippen molar-refractivity contribution < 1.29 is 13.5 Å². The van der Waals surface area contributed by atoms with Crippen LogP contribution in [0.25, 0.3) is 0 Å². The SMILES string of the molecule is CNC(c1c(F)cc(OC)cc1F)C1CC1(C)C. The van der Waals surface area contributed by atoms with Gasteiger partial charge in [0.15, 0.2) is 0 Å². The first kappa shape index (κ1) is 13.3.